The van der Waals surface area contributed by atoms with E-state index in [0.717, 1.165) is 12.0 Å². The number of halogens is 1. The van der Waals surface area contributed by atoms with Crippen molar-refractivity contribution in [2.75, 3.05) is 20.3 Å². The fourth-order valence-electron chi connectivity index (χ4n) is 1.39. The first-order chi connectivity index (χ1) is 8.13. The number of alkyl halides is 1. The highest BCUT2D eigenvalue weighted by atomic mass is 79.9. The lowest BCUT2D eigenvalue weighted by Gasteiger charge is -2.09. The van der Waals surface area contributed by atoms with Crippen LogP contribution in [0.5, 0.6) is 0 Å². The molecule has 0 fully saturated rings. The predicted octanol–water partition coefficient (Wildman–Crippen LogP) is 1.92. The molecule has 1 aromatic heterocycles. The zero-order valence-corrected chi connectivity index (χ0v) is 11.7. The second-order valence-electron chi connectivity index (χ2n) is 3.85. The average molecular weight is 301 g/mol. The third kappa shape index (κ3) is 5.28. The first-order valence-corrected chi connectivity index (χ1v) is 6.38. The molecular weight excluding hydrogens is 284 g/mol. The van der Waals surface area contributed by atoms with Crippen LogP contribution in [0.3, 0.4) is 0 Å². The number of carbonyl (C=O) groups excluding carboxylic acids is 1. The number of aryl methyl sites for hydroxylation is 1. The number of carbonyl (C=O) groups is 1. The van der Waals surface area contributed by atoms with Crippen LogP contribution in [-0.4, -0.2) is 36.0 Å². The Morgan fingerprint density at radius 3 is 3.00 bits per heavy atom. The number of amides is 1. The van der Waals surface area contributed by atoms with Gasteiger partial charge in [-0.05, 0) is 25.0 Å². The Bertz CT molecular complexity index is 371. The van der Waals surface area contributed by atoms with Gasteiger partial charge in [-0.3, -0.25) is 9.78 Å². The summed E-state index contributed by atoms with van der Waals surface area (Å²) in [6.45, 7) is 3.17. The van der Waals surface area contributed by atoms with Crippen LogP contribution in [0, 0.1) is 6.92 Å². The number of methoxy groups -OCH3 is 1. The van der Waals surface area contributed by atoms with E-state index in [1.165, 1.54) is 0 Å². The van der Waals surface area contributed by atoms with Gasteiger partial charge in [-0.15, -0.1) is 0 Å². The summed E-state index contributed by atoms with van der Waals surface area (Å²) in [6.07, 6.45) is 4.13. The Labute approximate surface area is 110 Å². The van der Waals surface area contributed by atoms with Crippen molar-refractivity contribution in [2.45, 2.75) is 18.2 Å². The maximum atomic E-state index is 11.7. The number of hydrogen-bond donors (Lipinski definition) is 1. The number of pyridine rings is 1. The number of nitrogens with one attached hydrogen (secondary N) is 1. The fraction of sp³-hybridized carbons (Fsp3) is 0.500. The van der Waals surface area contributed by atoms with Gasteiger partial charge < -0.3 is 10.1 Å². The van der Waals surface area contributed by atoms with E-state index in [2.05, 4.69) is 26.2 Å². The van der Waals surface area contributed by atoms with Crippen molar-refractivity contribution >= 4 is 21.8 Å². The predicted molar refractivity (Wildman–Crippen MR) is 70.5 cm³/mol. The molecule has 5 heteroatoms. The van der Waals surface area contributed by atoms with Gasteiger partial charge >= 0.3 is 0 Å². The molecule has 1 aromatic rings. The Hall–Kier alpha value is -0.940. The molecule has 1 amide bonds. The molecule has 0 aliphatic carbocycles. The van der Waals surface area contributed by atoms with Crippen molar-refractivity contribution in [2.24, 2.45) is 0 Å². The van der Waals surface area contributed by atoms with Crippen LogP contribution in [0.25, 0.3) is 0 Å². The van der Waals surface area contributed by atoms with E-state index in [9.17, 15) is 4.79 Å². The second-order valence-corrected chi connectivity index (χ2v) is 5.14. The summed E-state index contributed by atoms with van der Waals surface area (Å²) in [5, 5.41) is 2.85. The minimum absolute atomic E-state index is 0.0849. The summed E-state index contributed by atoms with van der Waals surface area (Å²) >= 11 is 3.47. The van der Waals surface area contributed by atoms with Gasteiger partial charge in [0.25, 0.3) is 5.91 Å². The molecule has 1 heterocycles. The largest absolute Gasteiger partial charge is 0.384 e. The van der Waals surface area contributed by atoms with E-state index in [4.69, 9.17) is 4.74 Å². The fourth-order valence-corrected chi connectivity index (χ4v) is 1.88. The third-order valence-corrected chi connectivity index (χ3v) is 2.95. The highest BCUT2D eigenvalue weighted by Crippen LogP contribution is 2.05. The molecule has 17 heavy (non-hydrogen) atoms. The molecule has 0 aliphatic heterocycles. The van der Waals surface area contributed by atoms with E-state index in [0.29, 0.717) is 18.7 Å². The van der Waals surface area contributed by atoms with Gasteiger partial charge in [0, 0.05) is 30.9 Å². The van der Waals surface area contributed by atoms with Crippen molar-refractivity contribution in [1.29, 1.82) is 0 Å². The molecule has 1 rings (SSSR count). The second kappa shape index (κ2) is 7.40. The van der Waals surface area contributed by atoms with Crippen LogP contribution in [-0.2, 0) is 4.74 Å². The zero-order chi connectivity index (χ0) is 12.7. The van der Waals surface area contributed by atoms with Gasteiger partial charge in [-0.1, -0.05) is 15.9 Å². The number of ether oxygens (including phenoxy) is 1. The Kier molecular flexibility index (Phi) is 6.15. The molecule has 0 saturated carbocycles. The summed E-state index contributed by atoms with van der Waals surface area (Å²) in [5.41, 5.74) is 1.58. The Morgan fingerprint density at radius 1 is 1.59 bits per heavy atom. The smallest absolute Gasteiger partial charge is 0.252 e. The summed E-state index contributed by atoms with van der Waals surface area (Å²) in [6, 6.07) is 1.82. The van der Waals surface area contributed by atoms with E-state index < -0.39 is 0 Å². The van der Waals surface area contributed by atoms with Crippen LogP contribution in [0.2, 0.25) is 0 Å². The van der Waals surface area contributed by atoms with Gasteiger partial charge in [-0.25, -0.2) is 0 Å². The summed E-state index contributed by atoms with van der Waals surface area (Å²) < 4.78 is 4.99. The van der Waals surface area contributed by atoms with Crippen molar-refractivity contribution in [3.05, 3.63) is 29.6 Å². The normalized spacial score (nSPS) is 12.2. The molecule has 1 atom stereocenters. The van der Waals surface area contributed by atoms with Crippen LogP contribution in [0.4, 0.5) is 0 Å². The molecule has 0 bridgehead atoms. The number of nitrogens with zero attached hydrogens (tertiary/aromatic N) is 1. The quantitative estimate of drug-likeness (QED) is 0.817. The average Bonchev–Trinajstić information content (AvgIpc) is 2.29. The molecule has 1 unspecified atom stereocenters. The van der Waals surface area contributed by atoms with E-state index >= 15 is 0 Å². The maximum absolute atomic E-state index is 11.7. The molecule has 1 N–H and O–H groups in total. The zero-order valence-electron chi connectivity index (χ0n) is 10.1. The van der Waals surface area contributed by atoms with Crippen molar-refractivity contribution in [1.82, 2.24) is 10.3 Å². The lowest BCUT2D eigenvalue weighted by atomic mass is 10.2. The first kappa shape index (κ1) is 14.1. The highest BCUT2D eigenvalue weighted by molar-refractivity contribution is 9.09. The Balaban J connectivity index is 2.35. The molecule has 0 aromatic carbocycles. The first-order valence-electron chi connectivity index (χ1n) is 5.46. The standard InChI is InChI=1S/C12H17BrN2O2/c1-9-5-10(7-14-6-9)12(16)15-4-3-11(13)8-17-2/h5-7,11H,3-4,8H2,1-2H3,(H,15,16). The number of hydrogen-bond acceptors (Lipinski definition) is 3. The monoisotopic (exact) mass is 300 g/mol. The summed E-state index contributed by atoms with van der Waals surface area (Å²) in [7, 11) is 1.66. The topological polar surface area (TPSA) is 51.2 Å². The van der Waals surface area contributed by atoms with E-state index in [1.807, 2.05) is 13.0 Å². The van der Waals surface area contributed by atoms with Crippen molar-refractivity contribution in [3.8, 4) is 0 Å². The molecule has 94 valence electrons. The van der Waals surface area contributed by atoms with Crippen LogP contribution in [0.1, 0.15) is 22.3 Å². The summed E-state index contributed by atoms with van der Waals surface area (Å²) in [4.78, 5) is 16.0. The minimum Gasteiger partial charge on any atom is -0.384 e. The Morgan fingerprint density at radius 2 is 2.35 bits per heavy atom. The van der Waals surface area contributed by atoms with Crippen LogP contribution < -0.4 is 5.32 Å². The molecule has 0 radical (unpaired) electrons. The third-order valence-electron chi connectivity index (χ3n) is 2.23. The van der Waals surface area contributed by atoms with E-state index in [1.54, 1.807) is 19.5 Å². The van der Waals surface area contributed by atoms with Gasteiger partial charge in [-0.2, -0.15) is 0 Å². The lowest BCUT2D eigenvalue weighted by molar-refractivity contribution is 0.0951. The molecule has 0 spiro atoms. The van der Waals surface area contributed by atoms with Crippen molar-refractivity contribution < 1.29 is 9.53 Å². The highest BCUT2D eigenvalue weighted by Gasteiger charge is 2.07. The van der Waals surface area contributed by atoms with Gasteiger partial charge in [0.15, 0.2) is 0 Å². The molecule has 0 aliphatic rings. The molecule has 0 saturated heterocycles. The SMILES string of the molecule is COCC(Br)CCNC(=O)c1cncc(C)c1. The number of rotatable bonds is 6. The van der Waals surface area contributed by atoms with Gasteiger partial charge in [0.2, 0.25) is 0 Å². The lowest BCUT2D eigenvalue weighted by Crippen LogP contribution is -2.27. The summed E-state index contributed by atoms with van der Waals surface area (Å²) in [5.74, 6) is -0.0849. The molecular formula is C12H17BrN2O2. The minimum atomic E-state index is -0.0849. The number of aromatic nitrogens is 1. The van der Waals surface area contributed by atoms with Crippen LogP contribution in [0.15, 0.2) is 18.5 Å². The van der Waals surface area contributed by atoms with Gasteiger partial charge in [0.1, 0.15) is 0 Å². The van der Waals surface area contributed by atoms with Crippen molar-refractivity contribution in [3.63, 3.8) is 0 Å². The molecule has 4 nitrogen and oxygen atoms in total. The van der Waals surface area contributed by atoms with E-state index in [-0.39, 0.29) is 10.7 Å². The van der Waals surface area contributed by atoms with Gasteiger partial charge in [0.05, 0.1) is 12.2 Å². The maximum Gasteiger partial charge on any atom is 0.252 e. The van der Waals surface area contributed by atoms with Crippen LogP contribution >= 0.6 is 15.9 Å².